The summed E-state index contributed by atoms with van der Waals surface area (Å²) in [7, 11) is 3.49. The van der Waals surface area contributed by atoms with E-state index in [0.29, 0.717) is 12.7 Å². The van der Waals surface area contributed by atoms with E-state index in [0.717, 1.165) is 58.0 Å². The van der Waals surface area contributed by atoms with Gasteiger partial charge in [-0.1, -0.05) is 30.3 Å². The highest BCUT2D eigenvalue weighted by atomic mass is 127. The number of hydrogen-bond donors (Lipinski definition) is 2. The van der Waals surface area contributed by atoms with Crippen LogP contribution in [0.25, 0.3) is 0 Å². The van der Waals surface area contributed by atoms with E-state index < -0.39 is 0 Å². The number of piperidine rings is 1. The summed E-state index contributed by atoms with van der Waals surface area (Å²) >= 11 is 0. The molecule has 28 heavy (non-hydrogen) atoms. The Morgan fingerprint density at radius 3 is 2.61 bits per heavy atom. The summed E-state index contributed by atoms with van der Waals surface area (Å²) < 4.78 is 11.2. The van der Waals surface area contributed by atoms with Crippen LogP contribution in [0.3, 0.4) is 0 Å². The van der Waals surface area contributed by atoms with Gasteiger partial charge < -0.3 is 20.1 Å². The first-order valence-electron chi connectivity index (χ1n) is 10.0. The molecule has 1 heterocycles. The van der Waals surface area contributed by atoms with Crippen LogP contribution in [-0.2, 0) is 16.0 Å². The fraction of sp³-hybridized carbons (Fsp3) is 0.667. The Labute approximate surface area is 187 Å². The van der Waals surface area contributed by atoms with Crippen molar-refractivity contribution >= 4 is 29.9 Å². The van der Waals surface area contributed by atoms with Crippen molar-refractivity contribution in [3.05, 3.63) is 35.9 Å². The van der Waals surface area contributed by atoms with E-state index in [2.05, 4.69) is 57.8 Å². The first-order chi connectivity index (χ1) is 13.2. The van der Waals surface area contributed by atoms with Gasteiger partial charge in [-0.05, 0) is 31.7 Å². The fourth-order valence-electron chi connectivity index (χ4n) is 3.32. The van der Waals surface area contributed by atoms with Gasteiger partial charge in [-0.25, -0.2) is 0 Å². The van der Waals surface area contributed by atoms with Crippen LogP contribution in [0.1, 0.15) is 31.7 Å². The zero-order valence-corrected chi connectivity index (χ0v) is 19.9. The van der Waals surface area contributed by atoms with Crippen molar-refractivity contribution in [3.63, 3.8) is 0 Å². The minimum Gasteiger partial charge on any atom is -0.383 e. The van der Waals surface area contributed by atoms with Crippen LogP contribution < -0.4 is 10.6 Å². The van der Waals surface area contributed by atoms with Gasteiger partial charge in [0.2, 0.25) is 0 Å². The highest BCUT2D eigenvalue weighted by molar-refractivity contribution is 14.0. The molecule has 7 heteroatoms. The van der Waals surface area contributed by atoms with Crippen molar-refractivity contribution in [3.8, 4) is 0 Å². The predicted octanol–water partition coefficient (Wildman–Crippen LogP) is 2.88. The van der Waals surface area contributed by atoms with Crippen molar-refractivity contribution in [2.75, 3.05) is 47.0 Å². The van der Waals surface area contributed by atoms with Crippen molar-refractivity contribution in [2.45, 2.75) is 44.9 Å². The van der Waals surface area contributed by atoms with Gasteiger partial charge in [0.15, 0.2) is 5.96 Å². The Morgan fingerprint density at radius 1 is 1.25 bits per heavy atom. The quantitative estimate of drug-likeness (QED) is 0.222. The molecule has 1 saturated heterocycles. The Morgan fingerprint density at radius 2 is 1.96 bits per heavy atom. The normalized spacial score (nSPS) is 17.0. The third kappa shape index (κ3) is 10.0. The molecule has 0 saturated carbocycles. The Kier molecular flexibility index (Phi) is 13.5. The minimum absolute atomic E-state index is 0. The number of nitrogens with zero attached hydrogens (tertiary/aromatic N) is 2. The van der Waals surface area contributed by atoms with Crippen molar-refractivity contribution < 1.29 is 9.47 Å². The summed E-state index contributed by atoms with van der Waals surface area (Å²) in [5.74, 6) is 0.814. The number of halogens is 1. The van der Waals surface area contributed by atoms with E-state index >= 15 is 0 Å². The second kappa shape index (κ2) is 15.0. The molecule has 0 amide bonds. The van der Waals surface area contributed by atoms with Gasteiger partial charge in [0.05, 0.1) is 12.7 Å². The monoisotopic (exact) mass is 504 g/mol. The Bertz CT molecular complexity index is 536. The highest BCUT2D eigenvalue weighted by Crippen LogP contribution is 2.16. The number of methoxy groups -OCH3 is 1. The molecule has 1 fully saturated rings. The van der Waals surface area contributed by atoms with Gasteiger partial charge >= 0.3 is 0 Å². The molecular formula is C21H37IN4O2. The largest absolute Gasteiger partial charge is 0.383 e. The first-order valence-corrected chi connectivity index (χ1v) is 10.0. The molecule has 1 atom stereocenters. The van der Waals surface area contributed by atoms with Crippen molar-refractivity contribution in [1.82, 2.24) is 15.5 Å². The molecule has 2 rings (SSSR count). The van der Waals surface area contributed by atoms with Crippen LogP contribution in [0.5, 0.6) is 0 Å². The zero-order chi connectivity index (χ0) is 19.3. The third-order valence-electron chi connectivity index (χ3n) is 4.77. The molecule has 160 valence electrons. The number of likely N-dealkylation sites (tertiary alicyclic amines) is 1. The maximum atomic E-state index is 6.07. The summed E-state index contributed by atoms with van der Waals surface area (Å²) in [4.78, 5) is 6.75. The van der Waals surface area contributed by atoms with Crippen LogP contribution in [0, 0.1) is 0 Å². The molecule has 0 aliphatic carbocycles. The van der Waals surface area contributed by atoms with E-state index in [1.54, 1.807) is 14.2 Å². The van der Waals surface area contributed by atoms with Crippen molar-refractivity contribution in [1.29, 1.82) is 0 Å². The van der Waals surface area contributed by atoms with Crippen LogP contribution in [-0.4, -0.2) is 70.0 Å². The lowest BCUT2D eigenvalue weighted by Crippen LogP contribution is -2.44. The molecule has 1 aromatic rings. The standard InChI is InChI=1S/C21H36N4O2.HI/c1-18(17-26-3)24-21(22-2)23-12-7-15-27-20-10-13-25(14-11-20)16-19-8-5-4-6-9-19;/h4-6,8-9,18,20H,7,10-17H2,1-3H3,(H2,22,23,24);1H. The van der Waals surface area contributed by atoms with Gasteiger partial charge in [-0.3, -0.25) is 9.89 Å². The van der Waals surface area contributed by atoms with E-state index in [1.807, 2.05) is 0 Å². The number of benzene rings is 1. The second-order valence-corrected chi connectivity index (χ2v) is 7.19. The topological polar surface area (TPSA) is 58.1 Å². The second-order valence-electron chi connectivity index (χ2n) is 7.19. The summed E-state index contributed by atoms with van der Waals surface area (Å²) in [6.45, 7) is 7.66. The van der Waals surface area contributed by atoms with Gasteiger partial charge in [0.25, 0.3) is 0 Å². The Balaban J connectivity index is 0.00000392. The van der Waals surface area contributed by atoms with E-state index in [9.17, 15) is 0 Å². The number of guanidine groups is 1. The minimum atomic E-state index is 0. The number of aliphatic imine (C=N–C) groups is 1. The molecule has 1 aliphatic heterocycles. The molecule has 0 spiro atoms. The number of nitrogens with one attached hydrogen (secondary N) is 2. The predicted molar refractivity (Wildman–Crippen MR) is 127 cm³/mol. The lowest BCUT2D eigenvalue weighted by Gasteiger charge is -2.32. The van der Waals surface area contributed by atoms with Crippen LogP contribution in [0.15, 0.2) is 35.3 Å². The van der Waals surface area contributed by atoms with E-state index in [-0.39, 0.29) is 30.0 Å². The lowest BCUT2D eigenvalue weighted by molar-refractivity contribution is 0.00534. The molecule has 1 unspecified atom stereocenters. The third-order valence-corrected chi connectivity index (χ3v) is 4.77. The van der Waals surface area contributed by atoms with Crippen LogP contribution in [0.2, 0.25) is 0 Å². The average molecular weight is 504 g/mol. The molecule has 0 bridgehead atoms. The van der Waals surface area contributed by atoms with E-state index in [1.165, 1.54) is 5.56 Å². The molecular weight excluding hydrogens is 467 g/mol. The Hall–Kier alpha value is -0.900. The highest BCUT2D eigenvalue weighted by Gasteiger charge is 2.19. The summed E-state index contributed by atoms with van der Waals surface area (Å²) in [5, 5.41) is 6.63. The summed E-state index contributed by atoms with van der Waals surface area (Å²) in [6.07, 6.45) is 3.62. The number of ether oxygens (including phenoxy) is 2. The van der Waals surface area contributed by atoms with Gasteiger partial charge in [0.1, 0.15) is 0 Å². The molecule has 1 aromatic carbocycles. The fourth-order valence-corrected chi connectivity index (χ4v) is 3.32. The summed E-state index contributed by atoms with van der Waals surface area (Å²) in [5.41, 5.74) is 1.39. The van der Waals surface area contributed by atoms with Gasteiger partial charge in [-0.2, -0.15) is 0 Å². The molecule has 0 radical (unpaired) electrons. The van der Waals surface area contributed by atoms with E-state index in [4.69, 9.17) is 9.47 Å². The number of hydrogen-bond acceptors (Lipinski definition) is 4. The molecule has 1 aliphatic rings. The zero-order valence-electron chi connectivity index (χ0n) is 17.5. The summed E-state index contributed by atoms with van der Waals surface area (Å²) in [6, 6.07) is 10.9. The van der Waals surface area contributed by atoms with Crippen LogP contribution >= 0.6 is 24.0 Å². The molecule has 0 aromatic heterocycles. The SMILES string of the molecule is CN=C(NCCCOC1CCN(Cc2ccccc2)CC1)NC(C)COC.I. The maximum Gasteiger partial charge on any atom is 0.191 e. The lowest BCUT2D eigenvalue weighted by atomic mass is 10.1. The maximum absolute atomic E-state index is 6.07. The average Bonchev–Trinajstić information content (AvgIpc) is 2.69. The molecule has 2 N–H and O–H groups in total. The smallest absolute Gasteiger partial charge is 0.191 e. The van der Waals surface area contributed by atoms with Gasteiger partial charge in [-0.15, -0.1) is 24.0 Å². The number of rotatable bonds is 10. The molecule has 6 nitrogen and oxygen atoms in total. The van der Waals surface area contributed by atoms with Gasteiger partial charge in [0, 0.05) is 53.0 Å². The first kappa shape index (κ1) is 25.1. The van der Waals surface area contributed by atoms with Crippen LogP contribution in [0.4, 0.5) is 0 Å². The van der Waals surface area contributed by atoms with Crippen molar-refractivity contribution in [2.24, 2.45) is 4.99 Å².